The van der Waals surface area contributed by atoms with E-state index in [0.29, 0.717) is 6.42 Å². The molecule has 1 aliphatic heterocycles. The van der Waals surface area contributed by atoms with Gasteiger partial charge in [-0.25, -0.2) is 0 Å². The number of likely N-dealkylation sites (tertiary alicyclic amines) is 1. The first-order chi connectivity index (χ1) is 12.1. The van der Waals surface area contributed by atoms with Gasteiger partial charge in [0.25, 0.3) is 5.91 Å². The third-order valence-corrected chi connectivity index (χ3v) is 4.52. The maximum absolute atomic E-state index is 12.4. The quantitative estimate of drug-likeness (QED) is 0.389. The Morgan fingerprint density at radius 2 is 1.84 bits per heavy atom. The zero-order chi connectivity index (χ0) is 18.1. The van der Waals surface area contributed by atoms with Gasteiger partial charge in [0.1, 0.15) is 6.04 Å². The Morgan fingerprint density at radius 3 is 2.56 bits per heavy atom. The van der Waals surface area contributed by atoms with Crippen molar-refractivity contribution in [3.8, 4) is 0 Å². The van der Waals surface area contributed by atoms with Crippen molar-refractivity contribution in [2.45, 2.75) is 64.3 Å². The van der Waals surface area contributed by atoms with Crippen molar-refractivity contribution in [3.05, 3.63) is 48.0 Å². The Labute approximate surface area is 149 Å². The number of ketones is 1. The highest BCUT2D eigenvalue weighted by molar-refractivity contribution is 6.16. The number of imide groups is 1. The molecule has 0 radical (unpaired) electrons. The van der Waals surface area contributed by atoms with Crippen LogP contribution in [-0.4, -0.2) is 28.5 Å². The molecule has 0 aliphatic carbocycles. The van der Waals surface area contributed by atoms with Crippen molar-refractivity contribution >= 4 is 17.6 Å². The summed E-state index contributed by atoms with van der Waals surface area (Å²) in [5, 5.41) is 0. The lowest BCUT2D eigenvalue weighted by atomic mass is 10.0. The number of hydrogen-bond donors (Lipinski definition) is 0. The minimum atomic E-state index is -0.670. The van der Waals surface area contributed by atoms with E-state index in [9.17, 15) is 14.4 Å². The van der Waals surface area contributed by atoms with Gasteiger partial charge in [-0.1, -0.05) is 69.0 Å². The standard InChI is InChI=1S/C21H27NO3/c1-2-3-4-5-6-7-11-14-20(24)22-18(19(23)16-21(22)25)15-17-12-9-8-10-13-17/h8-14,18H,2-7,15-16H2,1H3/b14-11+. The second-order valence-electron chi connectivity index (χ2n) is 6.56. The molecule has 2 rings (SSSR count). The lowest BCUT2D eigenvalue weighted by Crippen LogP contribution is -2.41. The van der Waals surface area contributed by atoms with Crippen molar-refractivity contribution in [3.63, 3.8) is 0 Å². The van der Waals surface area contributed by atoms with Crippen molar-refractivity contribution in [1.29, 1.82) is 0 Å². The van der Waals surface area contributed by atoms with Crippen LogP contribution in [0.15, 0.2) is 42.5 Å². The second kappa shape index (κ2) is 9.92. The van der Waals surface area contributed by atoms with Crippen LogP contribution in [-0.2, 0) is 20.8 Å². The molecule has 1 saturated heterocycles. The number of hydrogen-bond acceptors (Lipinski definition) is 3. The summed E-state index contributed by atoms with van der Waals surface area (Å²) in [6, 6.07) is 8.83. The number of unbranched alkanes of at least 4 members (excludes halogenated alkanes) is 5. The SMILES string of the molecule is CCCCCCC/C=C/C(=O)N1C(=O)CC(=O)C1Cc1ccccc1. The van der Waals surface area contributed by atoms with E-state index < -0.39 is 6.04 Å². The van der Waals surface area contributed by atoms with Crippen LogP contribution in [0.25, 0.3) is 0 Å². The molecule has 0 saturated carbocycles. The number of amides is 2. The number of allylic oxidation sites excluding steroid dienone is 1. The number of carbonyl (C=O) groups is 3. The average molecular weight is 341 g/mol. The lowest BCUT2D eigenvalue weighted by molar-refractivity contribution is -0.141. The van der Waals surface area contributed by atoms with Gasteiger partial charge in [0.15, 0.2) is 5.78 Å². The van der Waals surface area contributed by atoms with Gasteiger partial charge < -0.3 is 0 Å². The molecule has 25 heavy (non-hydrogen) atoms. The Morgan fingerprint density at radius 1 is 1.12 bits per heavy atom. The predicted octanol–water partition coefficient (Wildman–Crippen LogP) is 3.84. The highest BCUT2D eigenvalue weighted by Gasteiger charge is 2.41. The fourth-order valence-corrected chi connectivity index (χ4v) is 3.12. The molecule has 1 aromatic carbocycles. The van der Waals surface area contributed by atoms with Gasteiger partial charge in [0, 0.05) is 6.42 Å². The van der Waals surface area contributed by atoms with Crippen LogP contribution in [0.3, 0.4) is 0 Å². The van der Waals surface area contributed by atoms with E-state index in [4.69, 9.17) is 0 Å². The van der Waals surface area contributed by atoms with Crippen LogP contribution in [0.1, 0.15) is 57.4 Å². The van der Waals surface area contributed by atoms with Crippen molar-refractivity contribution in [1.82, 2.24) is 4.90 Å². The van der Waals surface area contributed by atoms with E-state index in [1.54, 1.807) is 0 Å². The first-order valence-corrected chi connectivity index (χ1v) is 9.22. The summed E-state index contributed by atoms with van der Waals surface area (Å²) in [7, 11) is 0. The zero-order valence-electron chi connectivity index (χ0n) is 14.9. The van der Waals surface area contributed by atoms with Crippen LogP contribution in [0, 0.1) is 0 Å². The first-order valence-electron chi connectivity index (χ1n) is 9.22. The summed E-state index contributed by atoms with van der Waals surface area (Å²) in [5.41, 5.74) is 0.952. The molecule has 0 N–H and O–H groups in total. The van der Waals surface area contributed by atoms with Crippen molar-refractivity contribution < 1.29 is 14.4 Å². The summed E-state index contributed by atoms with van der Waals surface area (Å²) < 4.78 is 0. The molecule has 1 heterocycles. The molecule has 0 aromatic heterocycles. The van der Waals surface area contributed by atoms with Crippen LogP contribution in [0.2, 0.25) is 0 Å². The second-order valence-corrected chi connectivity index (χ2v) is 6.56. The Balaban J connectivity index is 1.91. The smallest absolute Gasteiger partial charge is 0.253 e. The molecule has 4 heteroatoms. The van der Waals surface area contributed by atoms with Gasteiger partial charge in [-0.15, -0.1) is 0 Å². The van der Waals surface area contributed by atoms with Gasteiger partial charge in [0.2, 0.25) is 5.91 Å². The van der Waals surface area contributed by atoms with E-state index >= 15 is 0 Å². The summed E-state index contributed by atoms with van der Waals surface area (Å²) in [5.74, 6) is -0.927. The van der Waals surface area contributed by atoms with Crippen LogP contribution in [0.5, 0.6) is 0 Å². The summed E-state index contributed by atoms with van der Waals surface area (Å²) in [4.78, 5) is 37.8. The molecule has 1 aromatic rings. The Kier molecular flexibility index (Phi) is 7.58. The van der Waals surface area contributed by atoms with Crippen LogP contribution >= 0.6 is 0 Å². The van der Waals surface area contributed by atoms with E-state index in [2.05, 4.69) is 6.92 Å². The molecule has 2 amide bonds. The van der Waals surface area contributed by atoms with Crippen molar-refractivity contribution in [2.24, 2.45) is 0 Å². The van der Waals surface area contributed by atoms with Crippen molar-refractivity contribution in [2.75, 3.05) is 0 Å². The maximum Gasteiger partial charge on any atom is 0.253 e. The third-order valence-electron chi connectivity index (χ3n) is 4.52. The average Bonchev–Trinajstić information content (AvgIpc) is 2.88. The van der Waals surface area contributed by atoms with Gasteiger partial charge in [-0.05, 0) is 24.5 Å². The number of nitrogens with zero attached hydrogens (tertiary/aromatic N) is 1. The summed E-state index contributed by atoms with van der Waals surface area (Å²) in [6.07, 6.45) is 10.2. The molecule has 4 nitrogen and oxygen atoms in total. The van der Waals surface area contributed by atoms with Gasteiger partial charge in [0.05, 0.1) is 6.42 Å². The fraction of sp³-hybridized carbons (Fsp3) is 0.476. The molecule has 134 valence electrons. The molecule has 1 atom stereocenters. The summed E-state index contributed by atoms with van der Waals surface area (Å²) >= 11 is 0. The normalized spacial score (nSPS) is 17.6. The van der Waals surface area contributed by atoms with Crippen LogP contribution in [0.4, 0.5) is 0 Å². The highest BCUT2D eigenvalue weighted by atomic mass is 16.2. The zero-order valence-corrected chi connectivity index (χ0v) is 14.9. The number of benzene rings is 1. The van der Waals surface area contributed by atoms with Gasteiger partial charge in [-0.3, -0.25) is 19.3 Å². The highest BCUT2D eigenvalue weighted by Crippen LogP contribution is 2.20. The molecule has 1 aliphatic rings. The Bertz CT molecular complexity index is 621. The fourth-order valence-electron chi connectivity index (χ4n) is 3.12. The Hall–Kier alpha value is -2.23. The van der Waals surface area contributed by atoms with Crippen LogP contribution < -0.4 is 0 Å². The van der Waals surface area contributed by atoms with E-state index in [0.717, 1.165) is 29.7 Å². The molecule has 0 spiro atoms. The van der Waals surface area contributed by atoms with E-state index in [1.165, 1.54) is 25.3 Å². The minimum Gasteiger partial charge on any atom is -0.297 e. The maximum atomic E-state index is 12.4. The molecule has 0 bridgehead atoms. The topological polar surface area (TPSA) is 54.5 Å². The largest absolute Gasteiger partial charge is 0.297 e. The molecule has 1 fully saturated rings. The minimum absolute atomic E-state index is 0.171. The molecular formula is C21H27NO3. The van der Waals surface area contributed by atoms with E-state index in [1.807, 2.05) is 36.4 Å². The monoisotopic (exact) mass is 341 g/mol. The van der Waals surface area contributed by atoms with E-state index in [-0.39, 0.29) is 24.0 Å². The molecular weight excluding hydrogens is 314 g/mol. The number of carbonyl (C=O) groups excluding carboxylic acids is 3. The van der Waals surface area contributed by atoms with Gasteiger partial charge >= 0.3 is 0 Å². The summed E-state index contributed by atoms with van der Waals surface area (Å²) in [6.45, 7) is 2.18. The van der Waals surface area contributed by atoms with Gasteiger partial charge in [-0.2, -0.15) is 0 Å². The molecule has 1 unspecified atom stereocenters. The third kappa shape index (κ3) is 5.66. The first kappa shape index (κ1) is 19.1. The number of rotatable bonds is 9. The predicted molar refractivity (Wildman–Crippen MR) is 97.9 cm³/mol. The number of Topliss-reactive ketones (excluding diaryl/α,β-unsaturated/α-hetero) is 1. The lowest BCUT2D eigenvalue weighted by Gasteiger charge is -2.20.